The standard InChI is InChI=1S/C22H25N5O2/c1-28-20-4-3-18(11-21(20)29-2)26-22-12-19-17(13-25-22)15-27(10-9-24-19)14-16-5-7-23-8-6-16/h3-8,11-13,24H,9-10,14-15H2,1-2H3,(H,25,26). The van der Waals surface area contributed by atoms with Crippen molar-refractivity contribution >= 4 is 17.2 Å². The van der Waals surface area contributed by atoms with Crippen molar-refractivity contribution in [2.45, 2.75) is 13.1 Å². The zero-order valence-corrected chi connectivity index (χ0v) is 16.7. The Balaban J connectivity index is 1.48. The van der Waals surface area contributed by atoms with E-state index in [4.69, 9.17) is 9.47 Å². The second-order valence-electron chi connectivity index (χ2n) is 6.91. The van der Waals surface area contributed by atoms with Gasteiger partial charge in [-0.3, -0.25) is 9.88 Å². The normalized spacial score (nSPS) is 13.7. The molecule has 0 aliphatic carbocycles. The molecule has 150 valence electrons. The first-order valence-electron chi connectivity index (χ1n) is 9.58. The van der Waals surface area contributed by atoms with Crippen molar-refractivity contribution in [1.29, 1.82) is 0 Å². The van der Waals surface area contributed by atoms with E-state index >= 15 is 0 Å². The molecule has 0 amide bonds. The summed E-state index contributed by atoms with van der Waals surface area (Å²) in [4.78, 5) is 11.1. The van der Waals surface area contributed by atoms with Crippen LogP contribution in [0, 0.1) is 0 Å². The third-order valence-electron chi connectivity index (χ3n) is 4.94. The first kappa shape index (κ1) is 19.0. The molecule has 1 aliphatic heterocycles. The molecule has 3 heterocycles. The Morgan fingerprint density at radius 2 is 1.90 bits per heavy atom. The number of benzene rings is 1. The largest absolute Gasteiger partial charge is 0.493 e. The van der Waals surface area contributed by atoms with Crippen molar-refractivity contribution in [3.63, 3.8) is 0 Å². The van der Waals surface area contributed by atoms with E-state index in [0.717, 1.165) is 43.4 Å². The third kappa shape index (κ3) is 4.57. The molecule has 3 aromatic rings. The molecule has 0 unspecified atom stereocenters. The van der Waals surface area contributed by atoms with E-state index in [1.807, 2.05) is 36.8 Å². The van der Waals surface area contributed by atoms with Crippen molar-refractivity contribution in [2.75, 3.05) is 37.9 Å². The Kier molecular flexibility index (Phi) is 5.76. The Bertz CT molecular complexity index is 965. The van der Waals surface area contributed by atoms with Crippen LogP contribution in [0.25, 0.3) is 0 Å². The maximum atomic E-state index is 5.38. The minimum atomic E-state index is 0.678. The lowest BCUT2D eigenvalue weighted by Crippen LogP contribution is -2.25. The molecule has 0 spiro atoms. The Labute approximate surface area is 170 Å². The monoisotopic (exact) mass is 391 g/mol. The van der Waals surface area contributed by atoms with E-state index in [0.29, 0.717) is 11.5 Å². The fraction of sp³-hybridized carbons (Fsp3) is 0.273. The summed E-state index contributed by atoms with van der Waals surface area (Å²) in [7, 11) is 3.26. The highest BCUT2D eigenvalue weighted by Crippen LogP contribution is 2.31. The maximum absolute atomic E-state index is 5.38. The molecule has 0 radical (unpaired) electrons. The average Bonchev–Trinajstić information content (AvgIpc) is 2.95. The van der Waals surface area contributed by atoms with Crippen LogP contribution in [0.4, 0.5) is 17.2 Å². The second-order valence-corrected chi connectivity index (χ2v) is 6.91. The summed E-state index contributed by atoms with van der Waals surface area (Å²) in [6, 6.07) is 11.9. The van der Waals surface area contributed by atoms with Crippen LogP contribution in [0.2, 0.25) is 0 Å². The lowest BCUT2D eigenvalue weighted by Gasteiger charge is -2.19. The summed E-state index contributed by atoms with van der Waals surface area (Å²) in [6.07, 6.45) is 5.62. The predicted molar refractivity (Wildman–Crippen MR) is 114 cm³/mol. The molecule has 7 nitrogen and oxygen atoms in total. The molecule has 2 aromatic heterocycles. The van der Waals surface area contributed by atoms with Gasteiger partial charge in [-0.05, 0) is 29.8 Å². The van der Waals surface area contributed by atoms with Gasteiger partial charge in [0.25, 0.3) is 0 Å². The van der Waals surface area contributed by atoms with Crippen LogP contribution in [-0.4, -0.2) is 42.2 Å². The number of anilines is 3. The molecular formula is C22H25N5O2. The van der Waals surface area contributed by atoms with Crippen LogP contribution in [0.3, 0.4) is 0 Å². The predicted octanol–water partition coefficient (Wildman–Crippen LogP) is 3.67. The van der Waals surface area contributed by atoms with Gasteiger partial charge >= 0.3 is 0 Å². The quantitative estimate of drug-likeness (QED) is 0.664. The van der Waals surface area contributed by atoms with Gasteiger partial charge in [0.15, 0.2) is 11.5 Å². The van der Waals surface area contributed by atoms with Gasteiger partial charge in [-0.25, -0.2) is 4.98 Å². The molecule has 0 fully saturated rings. The zero-order chi connectivity index (χ0) is 20.1. The van der Waals surface area contributed by atoms with Gasteiger partial charge in [0.05, 0.1) is 14.2 Å². The number of pyridine rings is 2. The number of fused-ring (bicyclic) bond motifs is 1. The SMILES string of the molecule is COc1ccc(Nc2cc3c(cn2)CN(Cc2ccncc2)CCN3)cc1OC. The van der Waals surface area contributed by atoms with Crippen LogP contribution < -0.4 is 20.1 Å². The molecule has 1 aromatic carbocycles. The molecule has 4 rings (SSSR count). The van der Waals surface area contributed by atoms with Crippen LogP contribution in [0.15, 0.2) is 55.0 Å². The first-order chi connectivity index (χ1) is 14.2. The van der Waals surface area contributed by atoms with Gasteiger partial charge in [-0.1, -0.05) is 0 Å². The number of nitrogens with zero attached hydrogens (tertiary/aromatic N) is 3. The number of hydrogen-bond donors (Lipinski definition) is 2. The summed E-state index contributed by atoms with van der Waals surface area (Å²) in [5, 5.41) is 6.87. The van der Waals surface area contributed by atoms with Crippen molar-refractivity contribution in [3.05, 3.63) is 66.1 Å². The number of ether oxygens (including phenoxy) is 2. The summed E-state index contributed by atoms with van der Waals surface area (Å²) < 4.78 is 10.7. The van der Waals surface area contributed by atoms with Crippen molar-refractivity contribution in [2.24, 2.45) is 0 Å². The molecule has 2 N–H and O–H groups in total. The highest BCUT2D eigenvalue weighted by Gasteiger charge is 2.15. The van der Waals surface area contributed by atoms with Crippen LogP contribution in [-0.2, 0) is 13.1 Å². The van der Waals surface area contributed by atoms with E-state index in [9.17, 15) is 0 Å². The van der Waals surface area contributed by atoms with Gasteiger partial charge in [0.2, 0.25) is 0 Å². The Morgan fingerprint density at radius 1 is 1.07 bits per heavy atom. The van der Waals surface area contributed by atoms with E-state index < -0.39 is 0 Å². The van der Waals surface area contributed by atoms with E-state index in [1.165, 1.54) is 11.1 Å². The van der Waals surface area contributed by atoms with Gasteiger partial charge in [-0.15, -0.1) is 0 Å². The van der Waals surface area contributed by atoms with Gasteiger partial charge in [0.1, 0.15) is 5.82 Å². The summed E-state index contributed by atoms with van der Waals surface area (Å²) >= 11 is 0. The number of rotatable bonds is 6. The Morgan fingerprint density at radius 3 is 2.69 bits per heavy atom. The Hall–Kier alpha value is -3.32. The first-order valence-corrected chi connectivity index (χ1v) is 9.58. The molecule has 1 aliphatic rings. The fourth-order valence-corrected chi connectivity index (χ4v) is 3.45. The topological polar surface area (TPSA) is 71.5 Å². The van der Waals surface area contributed by atoms with E-state index in [-0.39, 0.29) is 0 Å². The molecule has 0 bridgehead atoms. The number of methoxy groups -OCH3 is 2. The van der Waals surface area contributed by atoms with Gasteiger partial charge < -0.3 is 20.1 Å². The lowest BCUT2D eigenvalue weighted by atomic mass is 10.2. The maximum Gasteiger partial charge on any atom is 0.162 e. The van der Waals surface area contributed by atoms with Crippen molar-refractivity contribution in [3.8, 4) is 11.5 Å². The highest BCUT2D eigenvalue weighted by molar-refractivity contribution is 5.65. The van der Waals surface area contributed by atoms with Crippen LogP contribution >= 0.6 is 0 Å². The highest BCUT2D eigenvalue weighted by atomic mass is 16.5. The summed E-state index contributed by atoms with van der Waals surface area (Å²) in [5.74, 6) is 2.16. The minimum Gasteiger partial charge on any atom is -0.493 e. The number of aromatic nitrogens is 2. The summed E-state index contributed by atoms with van der Waals surface area (Å²) in [6.45, 7) is 3.61. The van der Waals surface area contributed by atoms with Gasteiger partial charge in [-0.2, -0.15) is 0 Å². The number of nitrogens with one attached hydrogen (secondary N) is 2. The van der Waals surface area contributed by atoms with Crippen molar-refractivity contribution < 1.29 is 9.47 Å². The number of hydrogen-bond acceptors (Lipinski definition) is 7. The minimum absolute atomic E-state index is 0.678. The molecule has 29 heavy (non-hydrogen) atoms. The molecule has 0 atom stereocenters. The second kappa shape index (κ2) is 8.79. The van der Waals surface area contributed by atoms with E-state index in [2.05, 4.69) is 43.7 Å². The molecule has 0 saturated carbocycles. The van der Waals surface area contributed by atoms with Gasteiger partial charge in [0, 0.05) is 73.8 Å². The molecule has 7 heteroatoms. The van der Waals surface area contributed by atoms with Crippen LogP contribution in [0.1, 0.15) is 11.1 Å². The third-order valence-corrected chi connectivity index (χ3v) is 4.94. The van der Waals surface area contributed by atoms with Crippen molar-refractivity contribution in [1.82, 2.24) is 14.9 Å². The average molecular weight is 391 g/mol. The smallest absolute Gasteiger partial charge is 0.162 e. The summed E-state index contributed by atoms with van der Waals surface area (Å²) in [5.41, 5.74) is 4.46. The fourth-order valence-electron chi connectivity index (χ4n) is 3.45. The van der Waals surface area contributed by atoms with E-state index in [1.54, 1.807) is 14.2 Å². The molecule has 0 saturated heterocycles. The van der Waals surface area contributed by atoms with Crippen LogP contribution in [0.5, 0.6) is 11.5 Å². The molecular weight excluding hydrogens is 366 g/mol. The zero-order valence-electron chi connectivity index (χ0n) is 16.7. The lowest BCUT2D eigenvalue weighted by molar-refractivity contribution is 0.271.